The van der Waals surface area contributed by atoms with Gasteiger partial charge in [0.25, 0.3) is 5.91 Å². The zero-order valence-corrected chi connectivity index (χ0v) is 13.5. The maximum Gasteiger partial charge on any atom is 0.326 e. The van der Waals surface area contributed by atoms with Gasteiger partial charge in [0.1, 0.15) is 11.8 Å². The fourth-order valence-corrected chi connectivity index (χ4v) is 1.98. The lowest BCUT2D eigenvalue weighted by Crippen LogP contribution is -2.44. The van der Waals surface area contributed by atoms with Crippen molar-refractivity contribution in [2.75, 3.05) is 6.61 Å². The lowest BCUT2D eigenvalue weighted by atomic mass is 10.0. The number of unbranched alkanes of at least 4 members (excludes halogenated alkanes) is 2. The van der Waals surface area contributed by atoms with Gasteiger partial charge in [-0.25, -0.2) is 4.79 Å². The quantitative estimate of drug-likeness (QED) is 0.687. The normalized spacial score (nSPS) is 12.0. The Morgan fingerprint density at radius 3 is 2.32 bits per heavy atom. The van der Waals surface area contributed by atoms with E-state index in [1.165, 1.54) is 0 Å². The Kier molecular flexibility index (Phi) is 7.43. The van der Waals surface area contributed by atoms with Gasteiger partial charge in [0.15, 0.2) is 0 Å². The fourth-order valence-electron chi connectivity index (χ4n) is 1.98. The standard InChI is InChI=1S/C17H25NO4/c1-4-5-6-11-22-14-9-7-13(8-10-14)16(19)18-15(12(2)3)17(20)21/h7-10,12,15H,4-6,11H2,1-3H3,(H,18,19)(H,20,21)/t15-/m1/s1. The Morgan fingerprint density at radius 2 is 1.82 bits per heavy atom. The van der Waals surface area contributed by atoms with Crippen LogP contribution in [0.15, 0.2) is 24.3 Å². The Bertz CT molecular complexity index is 482. The van der Waals surface area contributed by atoms with Crippen LogP contribution in [-0.2, 0) is 4.79 Å². The molecular formula is C17H25NO4. The van der Waals surface area contributed by atoms with Crippen LogP contribution in [0.1, 0.15) is 50.4 Å². The van der Waals surface area contributed by atoms with Gasteiger partial charge in [-0.2, -0.15) is 0 Å². The minimum Gasteiger partial charge on any atom is -0.494 e. The summed E-state index contributed by atoms with van der Waals surface area (Å²) in [5, 5.41) is 11.6. The van der Waals surface area contributed by atoms with Gasteiger partial charge >= 0.3 is 5.97 Å². The second kappa shape index (κ2) is 9.07. The van der Waals surface area contributed by atoms with Gasteiger partial charge in [-0.1, -0.05) is 33.6 Å². The van der Waals surface area contributed by atoms with Crippen molar-refractivity contribution in [3.63, 3.8) is 0 Å². The van der Waals surface area contributed by atoms with Crippen LogP contribution in [0.2, 0.25) is 0 Å². The van der Waals surface area contributed by atoms with Crippen LogP contribution in [0, 0.1) is 5.92 Å². The molecule has 0 fully saturated rings. The van der Waals surface area contributed by atoms with Crippen molar-refractivity contribution in [1.82, 2.24) is 5.32 Å². The molecule has 0 aliphatic carbocycles. The highest BCUT2D eigenvalue weighted by atomic mass is 16.5. The van der Waals surface area contributed by atoms with Gasteiger partial charge in [0.05, 0.1) is 6.61 Å². The minimum atomic E-state index is -1.03. The van der Waals surface area contributed by atoms with Crippen molar-refractivity contribution in [1.29, 1.82) is 0 Å². The third-order valence-electron chi connectivity index (χ3n) is 3.35. The molecular weight excluding hydrogens is 282 g/mol. The molecule has 0 unspecified atom stereocenters. The zero-order chi connectivity index (χ0) is 16.5. The molecule has 0 aliphatic heterocycles. The number of ether oxygens (including phenoxy) is 1. The molecule has 0 spiro atoms. The Hall–Kier alpha value is -2.04. The number of rotatable bonds is 9. The summed E-state index contributed by atoms with van der Waals surface area (Å²) in [5.41, 5.74) is 0.424. The van der Waals surface area contributed by atoms with Gasteiger partial charge in [0.2, 0.25) is 0 Å². The number of hydrogen-bond donors (Lipinski definition) is 2. The van der Waals surface area contributed by atoms with E-state index in [2.05, 4.69) is 12.2 Å². The number of carbonyl (C=O) groups is 2. The molecule has 0 aliphatic rings. The largest absolute Gasteiger partial charge is 0.494 e. The van der Waals surface area contributed by atoms with Crippen molar-refractivity contribution in [3.05, 3.63) is 29.8 Å². The van der Waals surface area contributed by atoms with E-state index < -0.39 is 17.9 Å². The number of aliphatic carboxylic acids is 1. The van der Waals surface area contributed by atoms with Crippen LogP contribution in [0.4, 0.5) is 0 Å². The van der Waals surface area contributed by atoms with Crippen LogP contribution < -0.4 is 10.1 Å². The summed E-state index contributed by atoms with van der Waals surface area (Å²) >= 11 is 0. The van der Waals surface area contributed by atoms with Crippen LogP contribution in [-0.4, -0.2) is 29.6 Å². The summed E-state index contributed by atoms with van der Waals surface area (Å²) < 4.78 is 5.57. The molecule has 0 radical (unpaired) electrons. The monoisotopic (exact) mass is 307 g/mol. The fraction of sp³-hybridized carbons (Fsp3) is 0.529. The first kappa shape index (κ1) is 18.0. The van der Waals surface area contributed by atoms with Crippen LogP contribution in [0.5, 0.6) is 5.75 Å². The molecule has 5 heteroatoms. The maximum atomic E-state index is 12.1. The first-order chi connectivity index (χ1) is 10.5. The lowest BCUT2D eigenvalue weighted by molar-refractivity contribution is -0.140. The van der Waals surface area contributed by atoms with Gasteiger partial charge in [-0.05, 0) is 36.6 Å². The number of hydrogen-bond acceptors (Lipinski definition) is 3. The number of carboxylic acid groups (broad SMARTS) is 1. The third-order valence-corrected chi connectivity index (χ3v) is 3.35. The van der Waals surface area contributed by atoms with E-state index in [-0.39, 0.29) is 5.92 Å². The highest BCUT2D eigenvalue weighted by Crippen LogP contribution is 2.13. The molecule has 0 heterocycles. The molecule has 1 rings (SSSR count). The van der Waals surface area contributed by atoms with Gasteiger partial charge in [-0.15, -0.1) is 0 Å². The van der Waals surface area contributed by atoms with Gasteiger partial charge in [-0.3, -0.25) is 4.79 Å². The highest BCUT2D eigenvalue weighted by molar-refractivity contribution is 5.96. The van der Waals surface area contributed by atoms with Crippen molar-refractivity contribution in [3.8, 4) is 5.75 Å². The van der Waals surface area contributed by atoms with Gasteiger partial charge in [0, 0.05) is 5.56 Å². The zero-order valence-electron chi connectivity index (χ0n) is 13.5. The number of carbonyl (C=O) groups excluding carboxylic acids is 1. The molecule has 0 saturated heterocycles. The molecule has 1 amide bonds. The Morgan fingerprint density at radius 1 is 1.18 bits per heavy atom. The van der Waals surface area contributed by atoms with E-state index in [0.29, 0.717) is 17.9 Å². The van der Waals surface area contributed by atoms with Crippen molar-refractivity contribution < 1.29 is 19.4 Å². The molecule has 0 saturated carbocycles. The molecule has 22 heavy (non-hydrogen) atoms. The third kappa shape index (κ3) is 5.76. The first-order valence-electron chi connectivity index (χ1n) is 7.72. The maximum absolute atomic E-state index is 12.1. The molecule has 0 bridgehead atoms. The van der Waals surface area contributed by atoms with Crippen molar-refractivity contribution in [2.45, 2.75) is 46.1 Å². The first-order valence-corrected chi connectivity index (χ1v) is 7.72. The topological polar surface area (TPSA) is 75.6 Å². The predicted molar refractivity (Wildman–Crippen MR) is 85.2 cm³/mol. The summed E-state index contributed by atoms with van der Waals surface area (Å²) in [6, 6.07) is 5.85. The summed E-state index contributed by atoms with van der Waals surface area (Å²) in [4.78, 5) is 23.2. The lowest BCUT2D eigenvalue weighted by Gasteiger charge is -2.18. The molecule has 1 atom stereocenters. The second-order valence-electron chi connectivity index (χ2n) is 5.61. The molecule has 122 valence electrons. The molecule has 5 nitrogen and oxygen atoms in total. The van der Waals surface area contributed by atoms with E-state index in [0.717, 1.165) is 19.3 Å². The predicted octanol–water partition coefficient (Wildman–Crippen LogP) is 3.09. The van der Waals surface area contributed by atoms with E-state index in [1.807, 2.05) is 0 Å². The molecule has 1 aromatic carbocycles. The minimum absolute atomic E-state index is 0.178. The second-order valence-corrected chi connectivity index (χ2v) is 5.61. The molecule has 2 N–H and O–H groups in total. The summed E-state index contributed by atoms with van der Waals surface area (Å²) in [6.07, 6.45) is 3.28. The SMILES string of the molecule is CCCCCOc1ccc(C(=O)N[C@@H](C(=O)O)C(C)C)cc1. The number of carboxylic acids is 1. The Labute approximate surface area is 131 Å². The highest BCUT2D eigenvalue weighted by Gasteiger charge is 2.23. The average molecular weight is 307 g/mol. The number of nitrogens with one attached hydrogen (secondary N) is 1. The van der Waals surface area contributed by atoms with Crippen LogP contribution in [0.25, 0.3) is 0 Å². The van der Waals surface area contributed by atoms with Crippen LogP contribution in [0.3, 0.4) is 0 Å². The van der Waals surface area contributed by atoms with E-state index in [9.17, 15) is 9.59 Å². The van der Waals surface area contributed by atoms with E-state index in [4.69, 9.17) is 9.84 Å². The average Bonchev–Trinajstić information content (AvgIpc) is 2.49. The molecule has 1 aromatic rings. The van der Waals surface area contributed by atoms with E-state index in [1.54, 1.807) is 38.1 Å². The smallest absolute Gasteiger partial charge is 0.326 e. The Balaban J connectivity index is 2.58. The number of benzene rings is 1. The summed E-state index contributed by atoms with van der Waals surface area (Å²) in [6.45, 7) is 6.31. The van der Waals surface area contributed by atoms with Gasteiger partial charge < -0.3 is 15.2 Å². The summed E-state index contributed by atoms with van der Waals surface area (Å²) in [5.74, 6) is -0.883. The number of amides is 1. The molecule has 0 aromatic heterocycles. The summed E-state index contributed by atoms with van der Waals surface area (Å²) in [7, 11) is 0. The van der Waals surface area contributed by atoms with Crippen molar-refractivity contribution >= 4 is 11.9 Å². The van der Waals surface area contributed by atoms with E-state index >= 15 is 0 Å². The van der Waals surface area contributed by atoms with Crippen molar-refractivity contribution in [2.24, 2.45) is 5.92 Å². The van der Waals surface area contributed by atoms with Crippen LogP contribution >= 0.6 is 0 Å².